The van der Waals surface area contributed by atoms with Crippen molar-refractivity contribution in [2.45, 2.75) is 19.5 Å². The molecule has 4 heteroatoms. The molecular weight excluding hydrogens is 258 g/mol. The van der Waals surface area contributed by atoms with E-state index in [-0.39, 0.29) is 0 Å². The molecule has 94 valence electrons. The van der Waals surface area contributed by atoms with E-state index in [9.17, 15) is 0 Å². The highest BCUT2D eigenvalue weighted by Crippen LogP contribution is 2.27. The van der Waals surface area contributed by atoms with Crippen LogP contribution in [0.5, 0.6) is 5.75 Å². The first-order chi connectivity index (χ1) is 8.75. The van der Waals surface area contributed by atoms with Crippen molar-refractivity contribution in [2.24, 2.45) is 4.99 Å². The molecule has 1 aromatic heterocycles. The highest BCUT2D eigenvalue weighted by atomic mass is 32.1. The predicted molar refractivity (Wildman–Crippen MR) is 82.1 cm³/mol. The minimum Gasteiger partial charge on any atom is -0.546 e. The van der Waals surface area contributed by atoms with Crippen LogP contribution < -0.4 is 4.43 Å². The van der Waals surface area contributed by atoms with Crippen LogP contribution in [0, 0.1) is 0 Å². The second-order valence-corrected chi connectivity index (χ2v) is 7.59. The normalized spacial score (nSPS) is 11.3. The molecule has 0 saturated heterocycles. The first-order valence-electron chi connectivity index (χ1n) is 6.06. The molecule has 0 aliphatic heterocycles. The van der Waals surface area contributed by atoms with E-state index in [0.717, 1.165) is 17.9 Å². The smallest absolute Gasteiger partial charge is 0.229 e. The van der Waals surface area contributed by atoms with E-state index < -0.39 is 9.04 Å². The SMILES string of the molecule is C[SiH](C)Oc1ccccc1N=CCc1cccs1. The maximum absolute atomic E-state index is 5.86. The molecule has 0 unspecified atom stereocenters. The van der Waals surface area contributed by atoms with Crippen molar-refractivity contribution >= 4 is 32.3 Å². The predicted octanol–water partition coefficient (Wildman–Crippen LogP) is 4.06. The van der Waals surface area contributed by atoms with Crippen molar-refractivity contribution in [2.75, 3.05) is 0 Å². The van der Waals surface area contributed by atoms with Crippen LogP contribution in [0.3, 0.4) is 0 Å². The van der Waals surface area contributed by atoms with Crippen molar-refractivity contribution in [3.63, 3.8) is 0 Å². The summed E-state index contributed by atoms with van der Waals surface area (Å²) in [4.78, 5) is 5.84. The van der Waals surface area contributed by atoms with Gasteiger partial charge < -0.3 is 4.43 Å². The number of hydrogen-bond acceptors (Lipinski definition) is 3. The Balaban J connectivity index is 2.06. The zero-order chi connectivity index (χ0) is 12.8. The maximum atomic E-state index is 5.86. The van der Waals surface area contributed by atoms with Gasteiger partial charge in [0.25, 0.3) is 0 Å². The van der Waals surface area contributed by atoms with Crippen LogP contribution in [0.1, 0.15) is 4.88 Å². The Morgan fingerprint density at radius 1 is 1.22 bits per heavy atom. The Kier molecular flexibility index (Phi) is 4.72. The average Bonchev–Trinajstić information content (AvgIpc) is 2.84. The van der Waals surface area contributed by atoms with Gasteiger partial charge in [-0.1, -0.05) is 18.2 Å². The molecule has 2 aromatic rings. The summed E-state index contributed by atoms with van der Waals surface area (Å²) in [6.45, 7) is 4.32. The third-order valence-electron chi connectivity index (χ3n) is 2.33. The Hall–Kier alpha value is -1.39. The Morgan fingerprint density at radius 3 is 2.78 bits per heavy atom. The molecule has 0 saturated carbocycles. The van der Waals surface area contributed by atoms with E-state index >= 15 is 0 Å². The van der Waals surface area contributed by atoms with Gasteiger partial charge in [0, 0.05) is 17.5 Å². The summed E-state index contributed by atoms with van der Waals surface area (Å²) in [5, 5.41) is 2.09. The number of nitrogens with zero attached hydrogens (tertiary/aromatic N) is 1. The average molecular weight is 275 g/mol. The number of rotatable bonds is 5. The highest BCUT2D eigenvalue weighted by molar-refractivity contribution is 7.10. The molecule has 0 atom stereocenters. The second kappa shape index (κ2) is 6.52. The molecule has 2 nitrogen and oxygen atoms in total. The van der Waals surface area contributed by atoms with E-state index in [1.807, 2.05) is 30.5 Å². The van der Waals surface area contributed by atoms with Crippen LogP contribution in [0.15, 0.2) is 46.8 Å². The monoisotopic (exact) mass is 275 g/mol. The molecule has 0 N–H and O–H groups in total. The third-order valence-corrected chi connectivity index (χ3v) is 3.95. The van der Waals surface area contributed by atoms with Crippen molar-refractivity contribution in [3.8, 4) is 5.75 Å². The van der Waals surface area contributed by atoms with Gasteiger partial charge in [0.1, 0.15) is 11.4 Å². The zero-order valence-corrected chi connectivity index (χ0v) is 12.6. The molecule has 0 aliphatic rings. The molecule has 0 radical (unpaired) electrons. The van der Waals surface area contributed by atoms with Gasteiger partial charge in [-0.15, -0.1) is 11.3 Å². The fourth-order valence-electron chi connectivity index (χ4n) is 1.58. The van der Waals surface area contributed by atoms with E-state index in [1.165, 1.54) is 4.88 Å². The van der Waals surface area contributed by atoms with Crippen molar-refractivity contribution in [1.82, 2.24) is 0 Å². The van der Waals surface area contributed by atoms with Gasteiger partial charge in [-0.25, -0.2) is 0 Å². The van der Waals surface area contributed by atoms with Crippen LogP contribution in [0.25, 0.3) is 0 Å². The van der Waals surface area contributed by atoms with E-state index in [1.54, 1.807) is 11.3 Å². The molecule has 2 rings (SSSR count). The summed E-state index contributed by atoms with van der Waals surface area (Å²) in [7, 11) is -1.08. The summed E-state index contributed by atoms with van der Waals surface area (Å²) in [5.41, 5.74) is 0.926. The highest BCUT2D eigenvalue weighted by Gasteiger charge is 2.03. The fourth-order valence-corrected chi connectivity index (χ4v) is 2.95. The van der Waals surface area contributed by atoms with Gasteiger partial charge in [0.05, 0.1) is 0 Å². The molecule has 0 fully saturated rings. The van der Waals surface area contributed by atoms with Gasteiger partial charge >= 0.3 is 0 Å². The van der Waals surface area contributed by atoms with Gasteiger partial charge in [-0.2, -0.15) is 0 Å². The number of aliphatic imine (C=N–C) groups is 1. The van der Waals surface area contributed by atoms with E-state index in [4.69, 9.17) is 4.43 Å². The van der Waals surface area contributed by atoms with Crippen molar-refractivity contribution in [1.29, 1.82) is 0 Å². The molecule has 0 bridgehead atoms. The topological polar surface area (TPSA) is 21.6 Å². The molecule has 0 spiro atoms. The first kappa shape index (κ1) is 13.0. The van der Waals surface area contributed by atoms with Gasteiger partial charge in [-0.3, -0.25) is 4.99 Å². The Morgan fingerprint density at radius 2 is 2.06 bits per heavy atom. The summed E-state index contributed by atoms with van der Waals surface area (Å²) >= 11 is 1.76. The minimum absolute atomic E-state index is 0.880. The lowest BCUT2D eigenvalue weighted by atomic mass is 10.3. The summed E-state index contributed by atoms with van der Waals surface area (Å²) in [5.74, 6) is 0.904. The number of para-hydroxylation sites is 2. The molecule has 1 aromatic carbocycles. The largest absolute Gasteiger partial charge is 0.546 e. The Bertz CT molecular complexity index is 508. The summed E-state index contributed by atoms with van der Waals surface area (Å²) in [6.07, 6.45) is 2.83. The molecule has 18 heavy (non-hydrogen) atoms. The Labute approximate surface area is 114 Å². The number of hydrogen-bond donors (Lipinski definition) is 0. The van der Waals surface area contributed by atoms with Crippen LogP contribution in [0.2, 0.25) is 13.1 Å². The van der Waals surface area contributed by atoms with E-state index in [2.05, 4.69) is 35.6 Å². The second-order valence-electron chi connectivity index (χ2n) is 4.23. The summed E-state index contributed by atoms with van der Waals surface area (Å²) < 4.78 is 5.86. The maximum Gasteiger partial charge on any atom is 0.229 e. The lowest BCUT2D eigenvalue weighted by Gasteiger charge is -2.11. The lowest BCUT2D eigenvalue weighted by molar-refractivity contribution is 0.582. The van der Waals surface area contributed by atoms with Crippen LogP contribution in [-0.4, -0.2) is 15.3 Å². The van der Waals surface area contributed by atoms with Crippen LogP contribution in [-0.2, 0) is 6.42 Å². The lowest BCUT2D eigenvalue weighted by Crippen LogP contribution is -2.11. The molecule has 0 aliphatic carbocycles. The molecule has 0 amide bonds. The minimum atomic E-state index is -1.08. The van der Waals surface area contributed by atoms with Gasteiger partial charge in [-0.05, 0) is 36.7 Å². The number of benzene rings is 1. The van der Waals surface area contributed by atoms with E-state index in [0.29, 0.717) is 0 Å². The van der Waals surface area contributed by atoms with Crippen molar-refractivity contribution in [3.05, 3.63) is 46.7 Å². The quantitative estimate of drug-likeness (QED) is 0.596. The number of thiophene rings is 1. The van der Waals surface area contributed by atoms with Crippen LogP contribution >= 0.6 is 11.3 Å². The summed E-state index contributed by atoms with van der Waals surface area (Å²) in [6, 6.07) is 12.2. The third kappa shape index (κ3) is 3.82. The standard InChI is InChI=1S/C14H17NOSSi/c1-18(2)16-14-8-4-3-7-13(14)15-10-9-12-6-5-11-17-12/h3-8,10-11,18H,9H2,1-2H3. The first-order valence-corrected chi connectivity index (χ1v) is 9.72. The zero-order valence-electron chi connectivity index (χ0n) is 10.7. The van der Waals surface area contributed by atoms with Crippen LogP contribution in [0.4, 0.5) is 5.69 Å². The fraction of sp³-hybridized carbons (Fsp3) is 0.214. The van der Waals surface area contributed by atoms with Gasteiger partial charge in [0.15, 0.2) is 0 Å². The van der Waals surface area contributed by atoms with Gasteiger partial charge in [0.2, 0.25) is 9.04 Å². The van der Waals surface area contributed by atoms with Crippen molar-refractivity contribution < 1.29 is 4.43 Å². The molecule has 1 heterocycles. The molecular formula is C14H17NOSSi.